The predicted molar refractivity (Wildman–Crippen MR) is 73.4 cm³/mol. The summed E-state index contributed by atoms with van der Waals surface area (Å²) in [6, 6.07) is 0.528. The standard InChI is InChI=1S/C12H20N4S/c1-8-5-9(2)17-12(15-8)13-6-11-7-14-16(4)10(11)3/h7-9H,5-6H2,1-4H3,(H,13,15). The molecule has 0 bridgehead atoms. The molecule has 0 aromatic carbocycles. The van der Waals surface area contributed by atoms with Crippen LogP contribution in [0.1, 0.15) is 31.5 Å². The van der Waals surface area contributed by atoms with E-state index in [2.05, 4.69) is 36.2 Å². The highest BCUT2D eigenvalue weighted by Gasteiger charge is 2.19. The highest BCUT2D eigenvalue weighted by molar-refractivity contribution is 8.14. The highest BCUT2D eigenvalue weighted by atomic mass is 32.2. The molecule has 0 radical (unpaired) electrons. The number of aryl methyl sites for hydroxylation is 1. The van der Waals surface area contributed by atoms with E-state index in [4.69, 9.17) is 0 Å². The summed E-state index contributed by atoms with van der Waals surface area (Å²) in [5.41, 5.74) is 2.39. The van der Waals surface area contributed by atoms with Crippen LogP contribution in [0.2, 0.25) is 0 Å². The summed E-state index contributed by atoms with van der Waals surface area (Å²) in [4.78, 5) is 4.64. The van der Waals surface area contributed by atoms with Crippen LogP contribution in [-0.4, -0.2) is 26.2 Å². The van der Waals surface area contributed by atoms with Crippen molar-refractivity contribution >= 4 is 16.9 Å². The zero-order chi connectivity index (χ0) is 12.4. The molecule has 2 heterocycles. The van der Waals surface area contributed by atoms with Gasteiger partial charge < -0.3 is 5.32 Å². The third-order valence-corrected chi connectivity index (χ3v) is 4.16. The number of aromatic nitrogens is 2. The van der Waals surface area contributed by atoms with Crippen LogP contribution in [0.15, 0.2) is 11.2 Å². The van der Waals surface area contributed by atoms with Gasteiger partial charge in [0.2, 0.25) is 0 Å². The molecule has 2 rings (SSSR count). The summed E-state index contributed by atoms with van der Waals surface area (Å²) < 4.78 is 1.89. The zero-order valence-electron chi connectivity index (χ0n) is 10.9. The Balaban J connectivity index is 2.03. The van der Waals surface area contributed by atoms with E-state index in [-0.39, 0.29) is 0 Å². The maximum atomic E-state index is 4.64. The Kier molecular flexibility index (Phi) is 3.76. The van der Waals surface area contributed by atoms with Crippen LogP contribution in [0.5, 0.6) is 0 Å². The molecule has 5 heteroatoms. The van der Waals surface area contributed by atoms with Crippen molar-refractivity contribution in [2.24, 2.45) is 12.0 Å². The maximum absolute atomic E-state index is 4.64. The lowest BCUT2D eigenvalue weighted by Gasteiger charge is -2.26. The molecule has 94 valence electrons. The zero-order valence-corrected chi connectivity index (χ0v) is 11.7. The number of nitrogens with one attached hydrogen (secondary N) is 1. The average Bonchev–Trinajstić information content (AvgIpc) is 2.56. The van der Waals surface area contributed by atoms with Crippen LogP contribution < -0.4 is 5.32 Å². The second-order valence-electron chi connectivity index (χ2n) is 4.71. The molecule has 1 aromatic rings. The van der Waals surface area contributed by atoms with Gasteiger partial charge in [0.15, 0.2) is 5.17 Å². The topological polar surface area (TPSA) is 42.2 Å². The molecule has 1 aliphatic heterocycles. The van der Waals surface area contributed by atoms with Crippen LogP contribution in [0.3, 0.4) is 0 Å². The first kappa shape index (κ1) is 12.5. The lowest BCUT2D eigenvalue weighted by molar-refractivity contribution is 0.597. The molecule has 2 atom stereocenters. The predicted octanol–water partition coefficient (Wildman–Crippen LogP) is 2.09. The van der Waals surface area contributed by atoms with E-state index >= 15 is 0 Å². The fourth-order valence-corrected chi connectivity index (χ4v) is 3.15. The Labute approximate surface area is 107 Å². The van der Waals surface area contributed by atoms with Gasteiger partial charge in [-0.15, -0.1) is 0 Å². The molecule has 1 aromatic heterocycles. The van der Waals surface area contributed by atoms with Crippen molar-refractivity contribution in [2.45, 2.75) is 45.0 Å². The van der Waals surface area contributed by atoms with Crippen LogP contribution in [0, 0.1) is 6.92 Å². The quantitative estimate of drug-likeness (QED) is 0.876. The summed E-state index contributed by atoms with van der Waals surface area (Å²) in [7, 11) is 1.96. The monoisotopic (exact) mass is 252 g/mol. The van der Waals surface area contributed by atoms with Gasteiger partial charge in [-0.3, -0.25) is 9.67 Å². The van der Waals surface area contributed by atoms with Crippen molar-refractivity contribution in [1.82, 2.24) is 15.1 Å². The van der Waals surface area contributed by atoms with Crippen molar-refractivity contribution in [3.63, 3.8) is 0 Å². The number of hydrogen-bond donors (Lipinski definition) is 1. The summed E-state index contributed by atoms with van der Waals surface area (Å²) in [6.07, 6.45) is 3.11. The summed E-state index contributed by atoms with van der Waals surface area (Å²) >= 11 is 1.83. The van der Waals surface area contributed by atoms with Gasteiger partial charge in [-0.05, 0) is 20.3 Å². The minimum Gasteiger partial charge on any atom is -0.362 e. The molecule has 0 spiro atoms. The van der Waals surface area contributed by atoms with E-state index in [0.717, 1.165) is 5.17 Å². The van der Waals surface area contributed by atoms with Crippen LogP contribution in [0.4, 0.5) is 0 Å². The molecule has 0 saturated carbocycles. The van der Waals surface area contributed by atoms with Crippen molar-refractivity contribution in [3.8, 4) is 0 Å². The molecule has 0 aliphatic carbocycles. The third kappa shape index (κ3) is 3.03. The van der Waals surface area contributed by atoms with Gasteiger partial charge in [0, 0.05) is 29.6 Å². The molecule has 17 heavy (non-hydrogen) atoms. The van der Waals surface area contributed by atoms with Gasteiger partial charge in [-0.2, -0.15) is 5.10 Å². The first-order chi connectivity index (χ1) is 8.06. The van der Waals surface area contributed by atoms with Crippen molar-refractivity contribution in [3.05, 3.63) is 17.5 Å². The smallest absolute Gasteiger partial charge is 0.157 e. The fourth-order valence-electron chi connectivity index (χ4n) is 1.98. The summed E-state index contributed by atoms with van der Waals surface area (Å²) in [5.74, 6) is 0. The number of nitrogens with zero attached hydrogens (tertiary/aromatic N) is 3. The minimum absolute atomic E-state index is 0.528. The molecule has 1 saturated heterocycles. The van der Waals surface area contributed by atoms with E-state index < -0.39 is 0 Å². The lowest BCUT2D eigenvalue weighted by Crippen LogP contribution is -2.38. The van der Waals surface area contributed by atoms with Gasteiger partial charge >= 0.3 is 0 Å². The number of thioether (sulfide) groups is 1. The Bertz CT molecular complexity index is 412. The van der Waals surface area contributed by atoms with Gasteiger partial charge in [0.25, 0.3) is 0 Å². The Morgan fingerprint density at radius 2 is 2.35 bits per heavy atom. The highest BCUT2D eigenvalue weighted by Crippen LogP contribution is 2.22. The second kappa shape index (κ2) is 5.12. The fraction of sp³-hybridized carbons (Fsp3) is 0.667. The number of amidine groups is 1. The molecule has 0 amide bonds. The van der Waals surface area contributed by atoms with E-state index in [0.29, 0.717) is 17.8 Å². The number of aliphatic imine (C=N–C) groups is 1. The van der Waals surface area contributed by atoms with Gasteiger partial charge in [-0.1, -0.05) is 18.7 Å². The van der Waals surface area contributed by atoms with Crippen LogP contribution >= 0.6 is 11.8 Å². The Morgan fingerprint density at radius 3 is 2.94 bits per heavy atom. The maximum Gasteiger partial charge on any atom is 0.157 e. The van der Waals surface area contributed by atoms with Gasteiger partial charge in [0.1, 0.15) is 0 Å². The summed E-state index contributed by atoms with van der Waals surface area (Å²) in [5, 5.41) is 9.38. The third-order valence-electron chi connectivity index (χ3n) is 3.10. The largest absolute Gasteiger partial charge is 0.362 e. The first-order valence-corrected chi connectivity index (χ1v) is 6.89. The normalized spacial score (nSPS) is 27.2. The van der Waals surface area contributed by atoms with E-state index in [1.54, 1.807) is 0 Å². The Hall–Kier alpha value is -0.970. The van der Waals surface area contributed by atoms with E-state index in [1.165, 1.54) is 17.7 Å². The molecule has 1 fully saturated rings. The molecule has 1 aliphatic rings. The lowest BCUT2D eigenvalue weighted by atomic mass is 10.2. The van der Waals surface area contributed by atoms with Crippen LogP contribution in [0.25, 0.3) is 0 Å². The molecular formula is C12H20N4S. The van der Waals surface area contributed by atoms with Crippen molar-refractivity contribution in [2.75, 3.05) is 0 Å². The first-order valence-electron chi connectivity index (χ1n) is 6.01. The van der Waals surface area contributed by atoms with Gasteiger partial charge in [0.05, 0.1) is 12.7 Å². The van der Waals surface area contributed by atoms with E-state index in [1.807, 2.05) is 29.7 Å². The molecule has 1 N–H and O–H groups in total. The second-order valence-corrected chi connectivity index (χ2v) is 6.14. The van der Waals surface area contributed by atoms with Crippen molar-refractivity contribution in [1.29, 1.82) is 0 Å². The molecular weight excluding hydrogens is 232 g/mol. The SMILES string of the molecule is Cc1c(CN=C2NC(C)CC(C)S2)cnn1C. The average molecular weight is 252 g/mol. The van der Waals surface area contributed by atoms with E-state index in [9.17, 15) is 0 Å². The molecule has 2 unspecified atom stereocenters. The Morgan fingerprint density at radius 1 is 1.59 bits per heavy atom. The van der Waals surface area contributed by atoms with Crippen LogP contribution in [-0.2, 0) is 13.6 Å². The summed E-state index contributed by atoms with van der Waals surface area (Å²) in [6.45, 7) is 7.26. The molecule has 4 nitrogen and oxygen atoms in total. The number of hydrogen-bond acceptors (Lipinski definition) is 3. The minimum atomic E-state index is 0.528. The van der Waals surface area contributed by atoms with Crippen molar-refractivity contribution < 1.29 is 0 Å². The van der Waals surface area contributed by atoms with Gasteiger partial charge in [-0.25, -0.2) is 0 Å². The number of rotatable bonds is 2.